The number of anilines is 2. The summed E-state index contributed by atoms with van der Waals surface area (Å²) in [5, 5.41) is 2.58. The van der Waals surface area contributed by atoms with Crippen molar-refractivity contribution in [3.05, 3.63) is 53.0 Å². The van der Waals surface area contributed by atoms with Crippen molar-refractivity contribution < 1.29 is 22.8 Å². The van der Waals surface area contributed by atoms with Crippen molar-refractivity contribution in [1.82, 2.24) is 4.31 Å². The molecule has 1 atom stereocenters. The number of carbonyl (C=O) groups excluding carboxylic acids is 3. The van der Waals surface area contributed by atoms with Gasteiger partial charge in [0, 0.05) is 22.6 Å². The van der Waals surface area contributed by atoms with Crippen LogP contribution in [0.3, 0.4) is 0 Å². The normalized spacial score (nSPS) is 17.2. The fourth-order valence-electron chi connectivity index (χ4n) is 3.68. The molecule has 1 unspecified atom stereocenters. The number of amides is 3. The highest BCUT2D eigenvalue weighted by Gasteiger charge is 2.50. The highest BCUT2D eigenvalue weighted by molar-refractivity contribution is 9.10. The molecule has 3 amide bonds. The number of carbonyl (C=O) groups is 3. The van der Waals surface area contributed by atoms with E-state index in [4.69, 9.17) is 0 Å². The highest BCUT2D eigenvalue weighted by Crippen LogP contribution is 2.34. The topological polar surface area (TPSA) is 104 Å². The number of imide groups is 1. The summed E-state index contributed by atoms with van der Waals surface area (Å²) in [6.45, 7) is 6.38. The van der Waals surface area contributed by atoms with Gasteiger partial charge in [-0.25, -0.2) is 13.3 Å². The monoisotopic (exact) mass is 521 g/mol. The van der Waals surface area contributed by atoms with Gasteiger partial charge in [0.25, 0.3) is 5.91 Å². The molecule has 1 fully saturated rings. The smallest absolute Gasteiger partial charge is 0.252 e. The zero-order chi connectivity index (χ0) is 23.8. The van der Waals surface area contributed by atoms with E-state index in [1.54, 1.807) is 45.0 Å². The molecule has 2 aromatic rings. The molecule has 0 spiro atoms. The molecule has 0 saturated carbocycles. The summed E-state index contributed by atoms with van der Waals surface area (Å²) in [7, 11) is -4.14. The van der Waals surface area contributed by atoms with Gasteiger partial charge in [0.2, 0.25) is 21.8 Å². The van der Waals surface area contributed by atoms with Crippen molar-refractivity contribution in [1.29, 1.82) is 0 Å². The van der Waals surface area contributed by atoms with E-state index in [1.165, 1.54) is 31.2 Å². The predicted octanol–water partition coefficient (Wildman–Crippen LogP) is 3.53. The number of rotatable bonds is 5. The molecule has 10 heteroatoms. The third kappa shape index (κ3) is 4.77. The Morgan fingerprint density at radius 1 is 1.06 bits per heavy atom. The van der Waals surface area contributed by atoms with Crippen LogP contribution in [0.25, 0.3) is 0 Å². The molecule has 0 aliphatic carbocycles. The Morgan fingerprint density at radius 3 is 2.12 bits per heavy atom. The third-order valence-electron chi connectivity index (χ3n) is 4.88. The maximum atomic E-state index is 13.6. The van der Waals surface area contributed by atoms with Gasteiger partial charge in [-0.15, -0.1) is 0 Å². The molecule has 0 radical (unpaired) electrons. The second-order valence-corrected chi connectivity index (χ2v) is 11.2. The Bertz CT molecular complexity index is 1160. The number of nitrogens with zero attached hydrogens (tertiary/aromatic N) is 2. The van der Waals surface area contributed by atoms with Gasteiger partial charge in [0.1, 0.15) is 6.04 Å². The summed E-state index contributed by atoms with van der Waals surface area (Å²) in [4.78, 5) is 38.3. The van der Waals surface area contributed by atoms with E-state index < -0.39 is 33.4 Å². The molecular formula is C22H24BrN3O5S. The standard InChI is InChI=1S/C22H24BrN3O5S/c1-14(27)24-16-7-11-18(12-8-16)32(30,31)26(22(2,3)4)19-13-20(28)25(21(19)29)17-9-5-15(23)6-10-17/h5-12,19H,13H2,1-4H3,(H,24,27). The lowest BCUT2D eigenvalue weighted by molar-refractivity contribution is -0.122. The van der Waals surface area contributed by atoms with Gasteiger partial charge in [0.05, 0.1) is 17.0 Å². The molecular weight excluding hydrogens is 498 g/mol. The summed E-state index contributed by atoms with van der Waals surface area (Å²) in [6.07, 6.45) is -0.255. The van der Waals surface area contributed by atoms with Gasteiger partial charge < -0.3 is 5.32 Å². The first-order chi connectivity index (χ1) is 14.8. The van der Waals surface area contributed by atoms with Crippen molar-refractivity contribution in [3.63, 3.8) is 0 Å². The van der Waals surface area contributed by atoms with Crippen LogP contribution in [0.5, 0.6) is 0 Å². The van der Waals surface area contributed by atoms with Crippen molar-refractivity contribution in [2.75, 3.05) is 10.2 Å². The number of hydrogen-bond donors (Lipinski definition) is 1. The van der Waals surface area contributed by atoms with E-state index in [0.717, 1.165) is 13.7 Å². The first kappa shape index (κ1) is 24.1. The van der Waals surface area contributed by atoms with Gasteiger partial charge >= 0.3 is 0 Å². The second-order valence-electron chi connectivity index (χ2n) is 8.44. The molecule has 1 heterocycles. The summed E-state index contributed by atoms with van der Waals surface area (Å²) >= 11 is 3.32. The lowest BCUT2D eigenvalue weighted by Gasteiger charge is -2.37. The molecule has 8 nitrogen and oxygen atoms in total. The molecule has 3 rings (SSSR count). The Hall–Kier alpha value is -2.56. The average Bonchev–Trinajstić information content (AvgIpc) is 2.95. The van der Waals surface area contributed by atoms with Crippen molar-refractivity contribution in [3.8, 4) is 0 Å². The second kappa shape index (κ2) is 8.76. The maximum absolute atomic E-state index is 13.6. The van der Waals surface area contributed by atoms with Gasteiger partial charge in [-0.1, -0.05) is 15.9 Å². The number of halogens is 1. The summed E-state index contributed by atoms with van der Waals surface area (Å²) in [5.41, 5.74) is -0.144. The Labute approximate surface area is 195 Å². The molecule has 170 valence electrons. The fraction of sp³-hybridized carbons (Fsp3) is 0.318. The average molecular weight is 522 g/mol. The van der Waals surface area contributed by atoms with Crippen molar-refractivity contribution in [2.24, 2.45) is 0 Å². The molecule has 1 N–H and O–H groups in total. The minimum Gasteiger partial charge on any atom is -0.326 e. The zero-order valence-electron chi connectivity index (χ0n) is 18.1. The molecule has 0 aromatic heterocycles. The van der Waals surface area contributed by atoms with E-state index in [2.05, 4.69) is 21.2 Å². The molecule has 1 aliphatic rings. The SMILES string of the molecule is CC(=O)Nc1ccc(S(=O)(=O)N(C2CC(=O)N(c3ccc(Br)cc3)C2=O)C(C)(C)C)cc1. The van der Waals surface area contributed by atoms with Crippen LogP contribution >= 0.6 is 15.9 Å². The third-order valence-corrected chi connectivity index (χ3v) is 7.60. The number of benzene rings is 2. The van der Waals surface area contributed by atoms with E-state index in [1.807, 2.05) is 0 Å². The van der Waals surface area contributed by atoms with Crippen LogP contribution in [0, 0.1) is 0 Å². The Balaban J connectivity index is 1.99. The first-order valence-electron chi connectivity index (χ1n) is 9.87. The summed E-state index contributed by atoms with van der Waals surface area (Å²) in [5.74, 6) is -1.33. The summed E-state index contributed by atoms with van der Waals surface area (Å²) in [6, 6.07) is 11.2. The largest absolute Gasteiger partial charge is 0.326 e. The van der Waals surface area contributed by atoms with E-state index >= 15 is 0 Å². The summed E-state index contributed by atoms with van der Waals surface area (Å²) < 4.78 is 29.1. The maximum Gasteiger partial charge on any atom is 0.252 e. The lowest BCUT2D eigenvalue weighted by atomic mass is 10.1. The Morgan fingerprint density at radius 2 is 1.62 bits per heavy atom. The quantitative estimate of drug-likeness (QED) is 0.606. The highest BCUT2D eigenvalue weighted by atomic mass is 79.9. The van der Waals surface area contributed by atoms with Crippen LogP contribution < -0.4 is 10.2 Å². The zero-order valence-corrected chi connectivity index (χ0v) is 20.5. The minimum atomic E-state index is -4.14. The van der Waals surface area contributed by atoms with Crippen molar-refractivity contribution in [2.45, 2.75) is 50.6 Å². The van der Waals surface area contributed by atoms with Crippen LogP contribution in [0.2, 0.25) is 0 Å². The number of nitrogens with one attached hydrogen (secondary N) is 1. The van der Waals surface area contributed by atoms with E-state index in [9.17, 15) is 22.8 Å². The van der Waals surface area contributed by atoms with Crippen LogP contribution in [0.15, 0.2) is 57.9 Å². The predicted molar refractivity (Wildman–Crippen MR) is 125 cm³/mol. The molecule has 2 aromatic carbocycles. The minimum absolute atomic E-state index is 0.0381. The molecule has 1 aliphatic heterocycles. The number of sulfonamides is 1. The molecule has 0 bridgehead atoms. The van der Waals surface area contributed by atoms with Crippen LogP contribution in [-0.2, 0) is 24.4 Å². The van der Waals surface area contributed by atoms with Crippen molar-refractivity contribution >= 4 is 55.0 Å². The van der Waals surface area contributed by atoms with Crippen LogP contribution in [0.4, 0.5) is 11.4 Å². The van der Waals surface area contributed by atoms with Crippen LogP contribution in [-0.4, -0.2) is 42.0 Å². The first-order valence-corrected chi connectivity index (χ1v) is 12.1. The molecule has 1 saturated heterocycles. The van der Waals surface area contributed by atoms with Crippen LogP contribution in [0.1, 0.15) is 34.1 Å². The lowest BCUT2D eigenvalue weighted by Crippen LogP contribution is -2.54. The fourth-order valence-corrected chi connectivity index (χ4v) is 5.88. The Kier molecular flexibility index (Phi) is 6.60. The van der Waals surface area contributed by atoms with Gasteiger partial charge in [-0.2, -0.15) is 4.31 Å². The number of hydrogen-bond acceptors (Lipinski definition) is 5. The molecule has 32 heavy (non-hydrogen) atoms. The van der Waals surface area contributed by atoms with Gasteiger partial charge in [-0.05, 0) is 69.3 Å². The van der Waals surface area contributed by atoms with Gasteiger partial charge in [0.15, 0.2) is 0 Å². The van der Waals surface area contributed by atoms with E-state index in [0.29, 0.717) is 11.4 Å². The van der Waals surface area contributed by atoms with E-state index in [-0.39, 0.29) is 17.2 Å². The van der Waals surface area contributed by atoms with Gasteiger partial charge in [-0.3, -0.25) is 14.4 Å².